The van der Waals surface area contributed by atoms with Gasteiger partial charge in [0, 0.05) is 11.8 Å². The smallest absolute Gasteiger partial charge is 0.139 e. The molecule has 0 aromatic carbocycles. The summed E-state index contributed by atoms with van der Waals surface area (Å²) in [7, 11) is 0. The Morgan fingerprint density at radius 2 is 1.55 bits per heavy atom. The minimum Gasteiger partial charge on any atom is -0.299 e. The zero-order valence-corrected chi connectivity index (χ0v) is 7.98. The van der Waals surface area contributed by atoms with Crippen LogP contribution in [-0.4, -0.2) is 5.78 Å². The molecule has 2 unspecified atom stereocenters. The Balaban J connectivity index is 2.78. The highest BCUT2D eigenvalue weighted by Gasteiger charge is 2.54. The molecule has 1 aliphatic rings. The molecule has 1 nitrogen and oxygen atoms in total. The van der Waals surface area contributed by atoms with E-state index < -0.39 is 0 Å². The second kappa shape index (κ2) is 2.62. The van der Waals surface area contributed by atoms with Crippen molar-refractivity contribution >= 4 is 5.78 Å². The summed E-state index contributed by atoms with van der Waals surface area (Å²) >= 11 is 0. The molecule has 64 valence electrons. The van der Waals surface area contributed by atoms with E-state index in [0.717, 1.165) is 12.8 Å². The van der Waals surface area contributed by atoms with Gasteiger partial charge in [-0.2, -0.15) is 0 Å². The fraction of sp³-hybridized carbons (Fsp3) is 0.900. The molecule has 1 fully saturated rings. The standard InChI is InChI=1S/C10H18O/c1-5-10(6-2)7(3)9(11)8(10)4/h7-8H,5-6H2,1-4H3. The van der Waals surface area contributed by atoms with E-state index in [9.17, 15) is 4.79 Å². The van der Waals surface area contributed by atoms with Crippen LogP contribution in [0.2, 0.25) is 0 Å². The van der Waals surface area contributed by atoms with Crippen LogP contribution in [0.1, 0.15) is 40.5 Å². The number of rotatable bonds is 2. The average Bonchev–Trinajstić information content (AvgIpc) is 2.06. The van der Waals surface area contributed by atoms with Crippen molar-refractivity contribution in [1.82, 2.24) is 0 Å². The largest absolute Gasteiger partial charge is 0.299 e. The monoisotopic (exact) mass is 154 g/mol. The van der Waals surface area contributed by atoms with Gasteiger partial charge in [-0.25, -0.2) is 0 Å². The molecule has 0 heterocycles. The quantitative estimate of drug-likeness (QED) is 0.597. The number of Topliss-reactive ketones (excluding diaryl/α,β-unsaturated/α-hetero) is 1. The van der Waals surface area contributed by atoms with E-state index >= 15 is 0 Å². The van der Waals surface area contributed by atoms with Crippen molar-refractivity contribution in [3.05, 3.63) is 0 Å². The molecule has 1 rings (SSSR count). The molecule has 0 aliphatic heterocycles. The van der Waals surface area contributed by atoms with Gasteiger partial charge in [-0.15, -0.1) is 0 Å². The van der Waals surface area contributed by atoms with Crippen molar-refractivity contribution in [2.24, 2.45) is 17.3 Å². The predicted octanol–water partition coefficient (Wildman–Crippen LogP) is 2.65. The van der Waals surface area contributed by atoms with Crippen LogP contribution in [0.5, 0.6) is 0 Å². The SMILES string of the molecule is CCC1(CC)C(C)C(=O)C1C. The molecule has 11 heavy (non-hydrogen) atoms. The predicted molar refractivity (Wildman–Crippen MR) is 46.4 cm³/mol. The van der Waals surface area contributed by atoms with Gasteiger partial charge in [-0.3, -0.25) is 4.79 Å². The highest BCUT2D eigenvalue weighted by molar-refractivity contribution is 5.90. The average molecular weight is 154 g/mol. The molecule has 0 radical (unpaired) electrons. The van der Waals surface area contributed by atoms with Crippen LogP contribution in [0, 0.1) is 17.3 Å². The summed E-state index contributed by atoms with van der Waals surface area (Å²) < 4.78 is 0. The summed E-state index contributed by atoms with van der Waals surface area (Å²) in [6, 6.07) is 0. The van der Waals surface area contributed by atoms with Crippen molar-refractivity contribution in [1.29, 1.82) is 0 Å². The lowest BCUT2D eigenvalue weighted by Crippen LogP contribution is -2.54. The summed E-state index contributed by atoms with van der Waals surface area (Å²) in [6.07, 6.45) is 2.30. The minimum absolute atomic E-state index is 0.312. The van der Waals surface area contributed by atoms with Crippen LogP contribution in [0.25, 0.3) is 0 Å². The molecule has 0 bridgehead atoms. The molecular weight excluding hydrogens is 136 g/mol. The summed E-state index contributed by atoms with van der Waals surface area (Å²) in [5, 5.41) is 0. The van der Waals surface area contributed by atoms with Crippen LogP contribution < -0.4 is 0 Å². The van der Waals surface area contributed by atoms with Crippen molar-refractivity contribution in [2.75, 3.05) is 0 Å². The Hall–Kier alpha value is -0.330. The lowest BCUT2D eigenvalue weighted by atomic mass is 9.51. The topological polar surface area (TPSA) is 17.1 Å². The lowest BCUT2D eigenvalue weighted by Gasteiger charge is -2.51. The second-order valence-electron chi connectivity index (χ2n) is 3.79. The Kier molecular flexibility index (Phi) is 2.08. The maximum atomic E-state index is 11.3. The van der Waals surface area contributed by atoms with Crippen LogP contribution in [-0.2, 0) is 4.79 Å². The fourth-order valence-corrected chi connectivity index (χ4v) is 2.70. The van der Waals surface area contributed by atoms with Crippen molar-refractivity contribution in [2.45, 2.75) is 40.5 Å². The van der Waals surface area contributed by atoms with E-state index in [0.29, 0.717) is 23.0 Å². The number of carbonyl (C=O) groups excluding carboxylic acids is 1. The second-order valence-corrected chi connectivity index (χ2v) is 3.79. The number of carbonyl (C=O) groups is 1. The lowest BCUT2D eigenvalue weighted by molar-refractivity contribution is -0.154. The van der Waals surface area contributed by atoms with Crippen LogP contribution in [0.4, 0.5) is 0 Å². The Labute approximate surface area is 69.2 Å². The first kappa shape index (κ1) is 8.76. The van der Waals surface area contributed by atoms with E-state index in [2.05, 4.69) is 27.7 Å². The number of ketones is 1. The van der Waals surface area contributed by atoms with Crippen molar-refractivity contribution in [3.8, 4) is 0 Å². The van der Waals surface area contributed by atoms with Crippen LogP contribution >= 0.6 is 0 Å². The first-order chi connectivity index (χ1) is 5.10. The Bertz CT molecular complexity index is 154. The summed E-state index contributed by atoms with van der Waals surface area (Å²) in [5.74, 6) is 1.09. The molecule has 0 aromatic heterocycles. The molecule has 0 saturated heterocycles. The molecule has 0 amide bonds. The van der Waals surface area contributed by atoms with E-state index in [1.807, 2.05) is 0 Å². The first-order valence-corrected chi connectivity index (χ1v) is 4.63. The maximum Gasteiger partial charge on any atom is 0.139 e. The highest BCUT2D eigenvalue weighted by Crippen LogP contribution is 2.53. The molecule has 0 aromatic rings. The molecule has 1 aliphatic carbocycles. The van der Waals surface area contributed by atoms with Crippen LogP contribution in [0.15, 0.2) is 0 Å². The third-order valence-corrected chi connectivity index (χ3v) is 3.89. The van der Waals surface area contributed by atoms with Gasteiger partial charge in [0.25, 0.3) is 0 Å². The molecule has 0 spiro atoms. The van der Waals surface area contributed by atoms with Gasteiger partial charge < -0.3 is 0 Å². The zero-order chi connectivity index (χ0) is 8.65. The fourth-order valence-electron chi connectivity index (χ4n) is 2.70. The van der Waals surface area contributed by atoms with E-state index in [1.165, 1.54) is 0 Å². The third kappa shape index (κ3) is 0.863. The van der Waals surface area contributed by atoms with Gasteiger partial charge in [0.1, 0.15) is 5.78 Å². The van der Waals surface area contributed by atoms with E-state index in [1.54, 1.807) is 0 Å². The van der Waals surface area contributed by atoms with E-state index in [4.69, 9.17) is 0 Å². The number of hydrogen-bond acceptors (Lipinski definition) is 1. The van der Waals surface area contributed by atoms with Crippen molar-refractivity contribution in [3.63, 3.8) is 0 Å². The van der Waals surface area contributed by atoms with Gasteiger partial charge >= 0.3 is 0 Å². The Morgan fingerprint density at radius 3 is 1.73 bits per heavy atom. The maximum absolute atomic E-state index is 11.3. The van der Waals surface area contributed by atoms with Gasteiger partial charge in [-0.05, 0) is 18.3 Å². The normalized spacial score (nSPS) is 35.1. The van der Waals surface area contributed by atoms with E-state index in [-0.39, 0.29) is 0 Å². The summed E-state index contributed by atoms with van der Waals surface area (Å²) in [5.41, 5.74) is 0.344. The molecule has 2 atom stereocenters. The summed E-state index contributed by atoms with van der Waals surface area (Å²) in [4.78, 5) is 11.3. The molecule has 1 saturated carbocycles. The third-order valence-electron chi connectivity index (χ3n) is 3.89. The molecule has 0 N–H and O–H groups in total. The highest BCUT2D eigenvalue weighted by atomic mass is 16.1. The van der Waals surface area contributed by atoms with Gasteiger partial charge in [0.2, 0.25) is 0 Å². The van der Waals surface area contributed by atoms with Gasteiger partial charge in [0.05, 0.1) is 0 Å². The molecular formula is C10H18O. The molecule has 1 heteroatoms. The number of hydrogen-bond donors (Lipinski definition) is 0. The first-order valence-electron chi connectivity index (χ1n) is 4.63. The summed E-state index contributed by atoms with van der Waals surface area (Å²) in [6.45, 7) is 8.55. The van der Waals surface area contributed by atoms with Crippen molar-refractivity contribution < 1.29 is 4.79 Å². The Morgan fingerprint density at radius 1 is 1.18 bits per heavy atom. The van der Waals surface area contributed by atoms with Gasteiger partial charge in [-0.1, -0.05) is 27.7 Å². The minimum atomic E-state index is 0.312. The zero-order valence-electron chi connectivity index (χ0n) is 7.98. The van der Waals surface area contributed by atoms with Gasteiger partial charge in [0.15, 0.2) is 0 Å². The van der Waals surface area contributed by atoms with Crippen LogP contribution in [0.3, 0.4) is 0 Å².